The van der Waals surface area contributed by atoms with Gasteiger partial charge >= 0.3 is 6.03 Å². The van der Waals surface area contributed by atoms with Gasteiger partial charge in [-0.25, -0.2) is 4.79 Å². The van der Waals surface area contributed by atoms with Gasteiger partial charge in [-0.2, -0.15) is 5.10 Å². The Morgan fingerprint density at radius 2 is 2.35 bits per heavy atom. The number of fused-ring (bicyclic) bond motifs is 1. The van der Waals surface area contributed by atoms with Gasteiger partial charge in [-0.05, 0) is 37.0 Å². The molecule has 0 bridgehead atoms. The Morgan fingerprint density at radius 1 is 1.48 bits per heavy atom. The summed E-state index contributed by atoms with van der Waals surface area (Å²) in [5, 5.41) is 7.42. The molecule has 1 N–H and O–H groups in total. The number of aromatic nitrogens is 2. The number of halogens is 1. The Morgan fingerprint density at radius 3 is 3.09 bits per heavy atom. The van der Waals surface area contributed by atoms with Gasteiger partial charge in [-0.15, -0.1) is 11.6 Å². The molecule has 2 aromatic rings. The monoisotopic (exact) mass is 336 g/mol. The lowest BCUT2D eigenvalue weighted by atomic mass is 10.2. The van der Waals surface area contributed by atoms with E-state index >= 15 is 0 Å². The molecule has 1 aliphatic carbocycles. The van der Waals surface area contributed by atoms with Gasteiger partial charge in [0, 0.05) is 25.2 Å². The molecular formula is C16H21ClN4O2. The average molecular weight is 337 g/mol. The first-order valence-corrected chi connectivity index (χ1v) is 8.37. The molecule has 0 unspecified atom stereocenters. The predicted octanol–water partition coefficient (Wildman–Crippen LogP) is 2.45. The number of carbonyl (C=O) groups excluding carboxylic acids is 1. The van der Waals surface area contributed by atoms with Gasteiger partial charge in [-0.1, -0.05) is 0 Å². The Balaban J connectivity index is 1.77. The van der Waals surface area contributed by atoms with Crippen molar-refractivity contribution in [3.05, 3.63) is 41.1 Å². The Hall–Kier alpha value is -1.95. The average Bonchev–Trinajstić information content (AvgIpc) is 3.25. The first-order chi connectivity index (χ1) is 11.2. The van der Waals surface area contributed by atoms with Gasteiger partial charge in [0.25, 0.3) is 0 Å². The number of nitrogens with one attached hydrogen (secondary N) is 1. The summed E-state index contributed by atoms with van der Waals surface area (Å²) in [7, 11) is 1.97. The van der Waals surface area contributed by atoms with Crippen molar-refractivity contribution in [3.63, 3.8) is 0 Å². The SMILES string of the molecule is Cn1nc(CN(Cc2ccco2)C(=O)NCCCl)c2c1CCC2. The van der Waals surface area contributed by atoms with Gasteiger partial charge in [0.1, 0.15) is 5.76 Å². The summed E-state index contributed by atoms with van der Waals surface area (Å²) in [6.07, 6.45) is 4.87. The van der Waals surface area contributed by atoms with Crippen LogP contribution in [0.3, 0.4) is 0 Å². The minimum Gasteiger partial charge on any atom is -0.467 e. The standard InChI is InChI=1S/C16H21ClN4O2/c1-20-15-6-2-5-13(15)14(19-20)11-21(16(22)18-8-7-17)10-12-4-3-9-23-12/h3-4,9H,2,5-8,10-11H2,1H3,(H,18,22). The second kappa shape index (κ2) is 7.08. The number of hydrogen-bond acceptors (Lipinski definition) is 3. The van der Waals surface area contributed by atoms with Crippen LogP contribution in [0.15, 0.2) is 22.8 Å². The number of furan rings is 1. The molecule has 124 valence electrons. The Kier molecular flexibility index (Phi) is 4.91. The number of amides is 2. The second-order valence-corrected chi connectivity index (χ2v) is 6.08. The van der Waals surface area contributed by atoms with Crippen LogP contribution in [0.5, 0.6) is 0 Å². The molecule has 2 aromatic heterocycles. The molecule has 6 nitrogen and oxygen atoms in total. The van der Waals surface area contributed by atoms with Crippen molar-refractivity contribution < 1.29 is 9.21 Å². The van der Waals surface area contributed by atoms with E-state index in [9.17, 15) is 4.79 Å². The van der Waals surface area contributed by atoms with Crippen molar-refractivity contribution >= 4 is 17.6 Å². The van der Waals surface area contributed by atoms with Gasteiger partial charge in [0.15, 0.2) is 0 Å². The first-order valence-electron chi connectivity index (χ1n) is 7.83. The van der Waals surface area contributed by atoms with Crippen molar-refractivity contribution in [2.24, 2.45) is 7.05 Å². The largest absolute Gasteiger partial charge is 0.467 e. The molecule has 0 aromatic carbocycles. The van der Waals surface area contributed by atoms with Crippen LogP contribution >= 0.6 is 11.6 Å². The zero-order valence-corrected chi connectivity index (χ0v) is 14.0. The zero-order chi connectivity index (χ0) is 16.2. The molecule has 0 aliphatic heterocycles. The lowest BCUT2D eigenvalue weighted by Crippen LogP contribution is -2.40. The maximum atomic E-state index is 12.4. The van der Waals surface area contributed by atoms with Gasteiger partial charge < -0.3 is 14.6 Å². The quantitative estimate of drug-likeness (QED) is 0.824. The van der Waals surface area contributed by atoms with E-state index in [4.69, 9.17) is 16.0 Å². The van der Waals surface area contributed by atoms with Crippen molar-refractivity contribution in [2.75, 3.05) is 12.4 Å². The minimum absolute atomic E-state index is 0.153. The van der Waals surface area contributed by atoms with Gasteiger partial charge in [0.05, 0.1) is 25.0 Å². The van der Waals surface area contributed by atoms with Crippen LogP contribution < -0.4 is 5.32 Å². The van der Waals surface area contributed by atoms with E-state index in [2.05, 4.69) is 10.4 Å². The van der Waals surface area contributed by atoms with Crippen LogP contribution in [0.4, 0.5) is 4.79 Å². The molecule has 2 amide bonds. The fraction of sp³-hybridized carbons (Fsp3) is 0.500. The van der Waals surface area contributed by atoms with E-state index < -0.39 is 0 Å². The number of rotatable bonds is 6. The summed E-state index contributed by atoms with van der Waals surface area (Å²) >= 11 is 5.67. The van der Waals surface area contributed by atoms with Crippen LogP contribution in [0, 0.1) is 0 Å². The molecule has 0 spiro atoms. The van der Waals surface area contributed by atoms with Crippen LogP contribution in [-0.4, -0.2) is 33.1 Å². The highest BCUT2D eigenvalue weighted by Gasteiger charge is 2.24. The van der Waals surface area contributed by atoms with Crippen molar-refractivity contribution in [1.82, 2.24) is 20.0 Å². The smallest absolute Gasteiger partial charge is 0.318 e. The third kappa shape index (κ3) is 3.52. The number of nitrogens with zero attached hydrogens (tertiary/aromatic N) is 3. The highest BCUT2D eigenvalue weighted by atomic mass is 35.5. The summed E-state index contributed by atoms with van der Waals surface area (Å²) in [6, 6.07) is 3.53. The molecule has 2 heterocycles. The Bertz CT molecular complexity index is 666. The third-order valence-corrected chi connectivity index (χ3v) is 4.31. The summed E-state index contributed by atoms with van der Waals surface area (Å²) in [4.78, 5) is 14.1. The minimum atomic E-state index is -0.153. The van der Waals surface area contributed by atoms with Crippen molar-refractivity contribution in [3.8, 4) is 0 Å². The molecule has 0 radical (unpaired) electrons. The number of urea groups is 1. The van der Waals surface area contributed by atoms with Crippen LogP contribution in [0.25, 0.3) is 0 Å². The van der Waals surface area contributed by atoms with Gasteiger partial charge in [0.2, 0.25) is 0 Å². The lowest BCUT2D eigenvalue weighted by molar-refractivity contribution is 0.187. The molecule has 0 fully saturated rings. The van der Waals surface area contributed by atoms with E-state index in [1.165, 1.54) is 11.3 Å². The maximum Gasteiger partial charge on any atom is 0.318 e. The number of hydrogen-bond donors (Lipinski definition) is 1. The van der Waals surface area contributed by atoms with Crippen LogP contribution in [0.1, 0.15) is 29.1 Å². The molecule has 7 heteroatoms. The maximum absolute atomic E-state index is 12.4. The zero-order valence-electron chi connectivity index (χ0n) is 13.2. The van der Waals surface area contributed by atoms with E-state index in [-0.39, 0.29) is 6.03 Å². The topological polar surface area (TPSA) is 63.3 Å². The molecule has 23 heavy (non-hydrogen) atoms. The summed E-state index contributed by atoms with van der Waals surface area (Å²) in [5.41, 5.74) is 3.56. The molecule has 0 saturated carbocycles. The first kappa shape index (κ1) is 15.9. The fourth-order valence-electron chi connectivity index (χ4n) is 3.06. The number of aryl methyl sites for hydroxylation is 1. The van der Waals surface area contributed by atoms with E-state index in [1.54, 1.807) is 11.2 Å². The lowest BCUT2D eigenvalue weighted by Gasteiger charge is -2.21. The van der Waals surface area contributed by atoms with Crippen LogP contribution in [0.2, 0.25) is 0 Å². The highest BCUT2D eigenvalue weighted by Crippen LogP contribution is 2.26. The third-order valence-electron chi connectivity index (χ3n) is 4.12. The van der Waals surface area contributed by atoms with E-state index in [1.807, 2.05) is 23.9 Å². The second-order valence-electron chi connectivity index (χ2n) is 5.71. The summed E-state index contributed by atoms with van der Waals surface area (Å²) < 4.78 is 7.32. The van der Waals surface area contributed by atoms with Crippen LogP contribution in [-0.2, 0) is 33.0 Å². The molecule has 0 saturated heterocycles. The number of carbonyl (C=O) groups is 1. The molecular weight excluding hydrogens is 316 g/mol. The van der Waals surface area contributed by atoms with E-state index in [0.717, 1.165) is 30.7 Å². The fourth-order valence-corrected chi connectivity index (χ4v) is 3.16. The normalized spacial score (nSPS) is 13.1. The predicted molar refractivity (Wildman–Crippen MR) is 87.3 cm³/mol. The summed E-state index contributed by atoms with van der Waals surface area (Å²) in [6.45, 7) is 1.32. The molecule has 1 aliphatic rings. The molecule has 3 rings (SSSR count). The van der Waals surface area contributed by atoms with Gasteiger partial charge in [-0.3, -0.25) is 4.68 Å². The summed E-state index contributed by atoms with van der Waals surface area (Å²) in [5.74, 6) is 1.14. The number of alkyl halides is 1. The van der Waals surface area contributed by atoms with Crippen molar-refractivity contribution in [1.29, 1.82) is 0 Å². The highest BCUT2D eigenvalue weighted by molar-refractivity contribution is 6.18. The Labute approximate surface area is 140 Å². The van der Waals surface area contributed by atoms with Crippen molar-refractivity contribution in [2.45, 2.75) is 32.4 Å². The van der Waals surface area contributed by atoms with E-state index in [0.29, 0.717) is 25.5 Å². The molecule has 0 atom stereocenters.